The Morgan fingerprint density at radius 1 is 0.702 bits per heavy atom. The van der Waals surface area contributed by atoms with Gasteiger partial charge in [0, 0.05) is 6.42 Å². The number of esters is 4. The highest BCUT2D eigenvalue weighted by molar-refractivity contribution is 5.99. The van der Waals surface area contributed by atoms with Crippen molar-refractivity contribution in [3.63, 3.8) is 0 Å². The molecule has 0 heterocycles. The van der Waals surface area contributed by atoms with E-state index in [1.54, 1.807) is 33.8 Å². The van der Waals surface area contributed by atoms with Gasteiger partial charge in [0.25, 0.3) is 0 Å². The van der Waals surface area contributed by atoms with Crippen LogP contribution in [0.2, 0.25) is 0 Å². The Morgan fingerprint density at radius 3 is 1.95 bits per heavy atom. The largest absolute Gasteiger partial charge is 0.465 e. The van der Waals surface area contributed by atoms with Gasteiger partial charge in [-0.3, -0.25) is 19.2 Å². The molecule has 6 aliphatic carbocycles. The van der Waals surface area contributed by atoms with Gasteiger partial charge in [-0.05, 0) is 181 Å². The van der Waals surface area contributed by atoms with Crippen LogP contribution in [0.5, 0.6) is 5.75 Å². The average molecular weight is 779 g/mol. The summed E-state index contributed by atoms with van der Waals surface area (Å²) < 4.78 is 25.0. The fraction of sp³-hybridized carbons (Fsp3) is 0.633. The van der Waals surface area contributed by atoms with Gasteiger partial charge in [-0.2, -0.15) is 0 Å². The zero-order valence-electron chi connectivity index (χ0n) is 35.1. The number of hydrogen-bond acceptors (Lipinski definition) is 8. The Hall–Kier alpha value is -3.94. The molecule has 8 heteroatoms. The van der Waals surface area contributed by atoms with Crippen molar-refractivity contribution in [2.75, 3.05) is 6.61 Å². The first-order chi connectivity index (χ1) is 26.8. The Balaban J connectivity index is 1.04. The fourth-order valence-electron chi connectivity index (χ4n) is 12.4. The predicted octanol–water partition coefficient (Wildman–Crippen LogP) is 10.6. The van der Waals surface area contributed by atoms with Crippen LogP contribution in [-0.2, 0) is 33.4 Å². The van der Waals surface area contributed by atoms with E-state index in [2.05, 4.69) is 24.3 Å². The van der Waals surface area contributed by atoms with Gasteiger partial charge in [-0.15, -0.1) is 0 Å². The highest BCUT2D eigenvalue weighted by atomic mass is 16.6. The van der Waals surface area contributed by atoms with E-state index in [0.717, 1.165) is 66.5 Å². The molecule has 8 nitrogen and oxygen atoms in total. The number of carbonyl (C=O) groups excluding carboxylic acids is 4. The summed E-state index contributed by atoms with van der Waals surface area (Å²) >= 11 is 0. The van der Waals surface area contributed by atoms with Crippen LogP contribution >= 0.6 is 0 Å². The molecule has 0 spiro atoms. The third kappa shape index (κ3) is 7.83. The van der Waals surface area contributed by atoms with Gasteiger partial charge in [0.2, 0.25) is 0 Å². The molecule has 0 amide bonds. The Labute approximate surface area is 338 Å². The lowest BCUT2D eigenvalue weighted by atomic mass is 9.47. The van der Waals surface area contributed by atoms with Crippen molar-refractivity contribution in [2.24, 2.45) is 51.2 Å². The van der Waals surface area contributed by atoms with Crippen LogP contribution in [0.25, 0.3) is 21.5 Å². The molecule has 0 radical (unpaired) electrons. The van der Waals surface area contributed by atoms with Gasteiger partial charge in [0.1, 0.15) is 17.5 Å². The van der Waals surface area contributed by atoms with E-state index in [1.165, 1.54) is 12.8 Å². The molecule has 3 aromatic rings. The topological polar surface area (TPSA) is 105 Å². The molecule has 0 saturated heterocycles. The summed E-state index contributed by atoms with van der Waals surface area (Å²) in [6.45, 7) is 13.3. The first-order valence-electron chi connectivity index (χ1n) is 21.6. The second-order valence-electron chi connectivity index (χ2n) is 21.2. The maximum atomic E-state index is 15.0. The Kier molecular flexibility index (Phi) is 10.1. The van der Waals surface area contributed by atoms with Gasteiger partial charge in [-0.25, -0.2) is 0 Å². The fourth-order valence-corrected chi connectivity index (χ4v) is 12.4. The molecule has 6 atom stereocenters. The first kappa shape index (κ1) is 39.9. The van der Waals surface area contributed by atoms with Crippen LogP contribution in [0.1, 0.15) is 126 Å². The molecular weight excluding hydrogens is 717 g/mol. The molecule has 3 aromatic carbocycles. The zero-order valence-corrected chi connectivity index (χ0v) is 35.1. The molecule has 0 aliphatic heterocycles. The number of rotatable bonds is 13. The highest BCUT2D eigenvalue weighted by Crippen LogP contribution is 2.64. The minimum absolute atomic E-state index is 0.0141. The van der Waals surface area contributed by atoms with Crippen molar-refractivity contribution in [1.29, 1.82) is 0 Å². The molecule has 6 saturated carbocycles. The van der Waals surface area contributed by atoms with E-state index in [0.29, 0.717) is 24.0 Å². The molecule has 306 valence electrons. The van der Waals surface area contributed by atoms with Crippen LogP contribution in [0.3, 0.4) is 0 Å². The SMILES string of the molecule is CC(C)COC(=O)C(C)(C)CC(C)(CC(C)(C)C(=O)Oc1ccc2cc3ccccc3cc2c1)C(=O)OC12CC3CC(C1)CC(C(=O)OC1CC4CCC1C4)(C3)C2. The summed E-state index contributed by atoms with van der Waals surface area (Å²) in [6, 6.07) is 18.0. The minimum atomic E-state index is -1.27. The van der Waals surface area contributed by atoms with Crippen molar-refractivity contribution >= 4 is 45.4 Å². The molecule has 57 heavy (non-hydrogen) atoms. The van der Waals surface area contributed by atoms with Gasteiger partial charge in [-0.1, -0.05) is 44.2 Å². The molecule has 6 aliphatic rings. The van der Waals surface area contributed by atoms with Crippen LogP contribution in [0, 0.1) is 51.2 Å². The van der Waals surface area contributed by atoms with Crippen molar-refractivity contribution in [3.8, 4) is 5.75 Å². The van der Waals surface area contributed by atoms with E-state index in [4.69, 9.17) is 18.9 Å². The second kappa shape index (κ2) is 14.4. The van der Waals surface area contributed by atoms with Gasteiger partial charge in [0.05, 0.1) is 28.3 Å². The number of benzene rings is 3. The van der Waals surface area contributed by atoms with Crippen molar-refractivity contribution in [1.82, 2.24) is 0 Å². The van der Waals surface area contributed by atoms with Crippen molar-refractivity contribution in [2.45, 2.75) is 137 Å². The van der Waals surface area contributed by atoms with Gasteiger partial charge >= 0.3 is 23.9 Å². The molecule has 6 unspecified atom stereocenters. The Morgan fingerprint density at radius 2 is 1.33 bits per heavy atom. The lowest BCUT2D eigenvalue weighted by Gasteiger charge is -2.60. The van der Waals surface area contributed by atoms with E-state index in [-0.39, 0.29) is 49.3 Å². The highest BCUT2D eigenvalue weighted by Gasteiger charge is 2.64. The minimum Gasteiger partial charge on any atom is -0.465 e. The summed E-state index contributed by atoms with van der Waals surface area (Å²) in [5.41, 5.74) is -4.91. The third-order valence-electron chi connectivity index (χ3n) is 14.4. The number of fused-ring (bicyclic) bond motifs is 4. The molecular formula is C49H62O8. The summed E-state index contributed by atoms with van der Waals surface area (Å²) in [5, 5.41) is 4.23. The molecule has 9 rings (SSSR count). The first-order valence-corrected chi connectivity index (χ1v) is 21.6. The molecule has 6 bridgehead atoms. The Bertz CT molecular complexity index is 2060. The van der Waals surface area contributed by atoms with Crippen LogP contribution in [0.15, 0.2) is 54.6 Å². The lowest BCUT2D eigenvalue weighted by Crippen LogP contribution is -2.61. The quantitative estimate of drug-likeness (QED) is 0.0731. The third-order valence-corrected chi connectivity index (χ3v) is 14.4. The van der Waals surface area contributed by atoms with Crippen LogP contribution < -0.4 is 4.74 Å². The number of ether oxygens (including phenoxy) is 4. The van der Waals surface area contributed by atoms with Gasteiger partial charge in [0.15, 0.2) is 0 Å². The predicted molar refractivity (Wildman–Crippen MR) is 219 cm³/mol. The monoisotopic (exact) mass is 778 g/mol. The molecule has 0 aromatic heterocycles. The van der Waals surface area contributed by atoms with E-state index < -0.39 is 45.2 Å². The van der Waals surface area contributed by atoms with E-state index in [1.807, 2.05) is 45.0 Å². The summed E-state index contributed by atoms with van der Waals surface area (Å²) in [7, 11) is 0. The summed E-state index contributed by atoms with van der Waals surface area (Å²) in [4.78, 5) is 57.0. The standard InChI is InChI=1S/C49H62O8/c1-30(2)26-54-41(50)45(3,4)27-47(7,28-46(5,6)42(51)55-39-15-14-36-19-34-10-8-9-11-35(34)20-38(36)21-39)43(52)57-49-24-32-16-33(25-49)23-48(22-32,29-49)44(53)56-40-18-31-12-13-37(40)17-31/h8-11,14-15,19-21,30-33,37,40H,12-13,16-18,22-29H2,1-7H3. The van der Waals surface area contributed by atoms with Crippen molar-refractivity contribution in [3.05, 3.63) is 54.6 Å². The van der Waals surface area contributed by atoms with E-state index in [9.17, 15) is 14.4 Å². The average Bonchev–Trinajstić information content (AvgIpc) is 3.75. The van der Waals surface area contributed by atoms with Crippen LogP contribution in [-0.4, -0.2) is 42.2 Å². The number of carbonyl (C=O) groups is 4. The van der Waals surface area contributed by atoms with Crippen LogP contribution in [0.4, 0.5) is 0 Å². The maximum Gasteiger partial charge on any atom is 0.316 e. The van der Waals surface area contributed by atoms with Gasteiger partial charge < -0.3 is 18.9 Å². The maximum absolute atomic E-state index is 15.0. The number of hydrogen-bond donors (Lipinski definition) is 0. The normalized spacial score (nSPS) is 30.1. The summed E-state index contributed by atoms with van der Waals surface area (Å²) in [6.07, 6.45) is 9.26. The summed E-state index contributed by atoms with van der Waals surface area (Å²) in [5.74, 6) is 0.912. The molecule has 0 N–H and O–H groups in total. The second-order valence-corrected chi connectivity index (χ2v) is 21.2. The molecule has 6 fully saturated rings. The smallest absolute Gasteiger partial charge is 0.316 e. The van der Waals surface area contributed by atoms with E-state index >= 15 is 4.79 Å². The lowest BCUT2D eigenvalue weighted by molar-refractivity contribution is -0.222. The zero-order chi connectivity index (χ0) is 40.5. The van der Waals surface area contributed by atoms with Crippen molar-refractivity contribution < 1.29 is 38.1 Å².